The van der Waals surface area contributed by atoms with Crippen LogP contribution in [-0.2, 0) is 11.3 Å². The number of carbonyl (C=O) groups is 1. The van der Waals surface area contributed by atoms with E-state index < -0.39 is 0 Å². The third-order valence-electron chi connectivity index (χ3n) is 3.93. The van der Waals surface area contributed by atoms with Gasteiger partial charge in [-0.25, -0.2) is 0 Å². The molecule has 0 saturated carbocycles. The molecule has 0 aliphatic carbocycles. The van der Waals surface area contributed by atoms with Gasteiger partial charge >= 0.3 is 0 Å². The van der Waals surface area contributed by atoms with Crippen molar-refractivity contribution in [2.24, 2.45) is 5.73 Å². The molecule has 0 heterocycles. The standard InChI is InChI=1S/C20H26N2O6/c1-25-16-4-3-5-17(15(16)13-21)28-19-12-14(6-7-18(19)26-2)20(24)22-8-10-27-11-9-23/h3-7,12,23H,8-11,13,21H2,1-2H3,(H,22,24). The number of nitrogens with one attached hydrogen (secondary N) is 1. The van der Waals surface area contributed by atoms with Crippen LogP contribution in [0.15, 0.2) is 36.4 Å². The number of aliphatic hydroxyl groups excluding tert-OH is 1. The Bertz CT molecular complexity index is 781. The van der Waals surface area contributed by atoms with Crippen LogP contribution in [0.5, 0.6) is 23.0 Å². The van der Waals surface area contributed by atoms with Crippen LogP contribution in [0.25, 0.3) is 0 Å². The van der Waals surface area contributed by atoms with E-state index in [1.54, 1.807) is 43.5 Å². The van der Waals surface area contributed by atoms with Gasteiger partial charge in [-0.05, 0) is 30.3 Å². The maximum atomic E-state index is 12.4. The van der Waals surface area contributed by atoms with E-state index in [4.69, 9.17) is 29.8 Å². The van der Waals surface area contributed by atoms with Gasteiger partial charge in [0.25, 0.3) is 5.91 Å². The van der Waals surface area contributed by atoms with Crippen LogP contribution in [-0.4, -0.2) is 51.6 Å². The summed E-state index contributed by atoms with van der Waals surface area (Å²) in [5.41, 5.74) is 6.96. The summed E-state index contributed by atoms with van der Waals surface area (Å²) in [4.78, 5) is 12.4. The number of hydrogen-bond acceptors (Lipinski definition) is 7. The van der Waals surface area contributed by atoms with Crippen LogP contribution >= 0.6 is 0 Å². The molecule has 0 radical (unpaired) electrons. The highest BCUT2D eigenvalue weighted by Crippen LogP contribution is 2.36. The minimum Gasteiger partial charge on any atom is -0.496 e. The fraction of sp³-hybridized carbons (Fsp3) is 0.350. The topological polar surface area (TPSA) is 112 Å². The van der Waals surface area contributed by atoms with E-state index in [2.05, 4.69) is 5.32 Å². The Labute approximate surface area is 164 Å². The number of carbonyl (C=O) groups excluding carboxylic acids is 1. The molecule has 28 heavy (non-hydrogen) atoms. The summed E-state index contributed by atoms with van der Waals surface area (Å²) in [6.45, 7) is 1.06. The Hall–Kier alpha value is -2.81. The molecule has 8 nitrogen and oxygen atoms in total. The number of amides is 1. The van der Waals surface area contributed by atoms with Gasteiger partial charge in [0.1, 0.15) is 11.5 Å². The molecule has 0 atom stereocenters. The van der Waals surface area contributed by atoms with Gasteiger partial charge in [-0.1, -0.05) is 6.07 Å². The normalized spacial score (nSPS) is 10.4. The van der Waals surface area contributed by atoms with Gasteiger partial charge in [0.05, 0.1) is 39.6 Å². The van der Waals surface area contributed by atoms with Crippen LogP contribution in [0.3, 0.4) is 0 Å². The molecule has 0 unspecified atom stereocenters. The Morgan fingerprint density at radius 2 is 1.79 bits per heavy atom. The van der Waals surface area contributed by atoms with Crippen molar-refractivity contribution in [2.75, 3.05) is 40.6 Å². The Balaban J connectivity index is 2.18. The summed E-state index contributed by atoms with van der Waals surface area (Å²) >= 11 is 0. The van der Waals surface area contributed by atoms with Gasteiger partial charge in [0.2, 0.25) is 0 Å². The summed E-state index contributed by atoms with van der Waals surface area (Å²) < 4.78 is 21.8. The van der Waals surface area contributed by atoms with Crippen LogP contribution < -0.4 is 25.3 Å². The minimum atomic E-state index is -0.273. The number of nitrogens with two attached hydrogens (primary N) is 1. The highest BCUT2D eigenvalue weighted by Gasteiger charge is 2.15. The number of benzene rings is 2. The van der Waals surface area contributed by atoms with E-state index in [0.717, 1.165) is 0 Å². The molecule has 8 heteroatoms. The minimum absolute atomic E-state index is 0.0534. The molecule has 0 saturated heterocycles. The average molecular weight is 390 g/mol. The van der Waals surface area contributed by atoms with Crippen molar-refractivity contribution in [3.05, 3.63) is 47.5 Å². The lowest BCUT2D eigenvalue weighted by molar-refractivity contribution is 0.0838. The molecule has 0 spiro atoms. The molecular weight excluding hydrogens is 364 g/mol. The molecule has 0 aromatic heterocycles. The van der Waals surface area contributed by atoms with Crippen molar-refractivity contribution in [1.82, 2.24) is 5.32 Å². The van der Waals surface area contributed by atoms with Crippen molar-refractivity contribution in [3.8, 4) is 23.0 Å². The molecule has 2 rings (SSSR count). The second kappa shape index (κ2) is 11.1. The van der Waals surface area contributed by atoms with Crippen molar-refractivity contribution >= 4 is 5.91 Å². The van der Waals surface area contributed by atoms with Crippen molar-refractivity contribution < 1.29 is 28.8 Å². The predicted molar refractivity (Wildman–Crippen MR) is 104 cm³/mol. The Kier molecular flexibility index (Phi) is 8.54. The molecule has 1 amide bonds. The van der Waals surface area contributed by atoms with Crippen LogP contribution in [0, 0.1) is 0 Å². The molecule has 2 aromatic carbocycles. The summed E-state index contributed by atoms with van der Waals surface area (Å²) in [6.07, 6.45) is 0. The Morgan fingerprint density at radius 3 is 2.46 bits per heavy atom. The first-order valence-electron chi connectivity index (χ1n) is 8.83. The van der Waals surface area contributed by atoms with E-state index >= 15 is 0 Å². The summed E-state index contributed by atoms with van der Waals surface area (Å²) in [5.74, 6) is 1.74. The number of methoxy groups -OCH3 is 2. The molecule has 2 aromatic rings. The van der Waals surface area contributed by atoms with E-state index in [-0.39, 0.29) is 25.7 Å². The van der Waals surface area contributed by atoms with Gasteiger partial charge < -0.3 is 35.1 Å². The SMILES string of the molecule is COc1ccc(C(=O)NCCOCCO)cc1Oc1cccc(OC)c1CN. The zero-order chi connectivity index (χ0) is 20.4. The molecule has 152 valence electrons. The van der Waals surface area contributed by atoms with Crippen molar-refractivity contribution in [1.29, 1.82) is 0 Å². The smallest absolute Gasteiger partial charge is 0.251 e. The summed E-state index contributed by atoms with van der Waals surface area (Å²) in [6, 6.07) is 10.3. The van der Waals surface area contributed by atoms with E-state index in [0.29, 0.717) is 47.3 Å². The highest BCUT2D eigenvalue weighted by molar-refractivity contribution is 5.94. The van der Waals surface area contributed by atoms with Crippen LogP contribution in [0.4, 0.5) is 0 Å². The van der Waals surface area contributed by atoms with Gasteiger partial charge in [-0.3, -0.25) is 4.79 Å². The van der Waals surface area contributed by atoms with E-state index in [9.17, 15) is 4.79 Å². The van der Waals surface area contributed by atoms with Crippen LogP contribution in [0.2, 0.25) is 0 Å². The van der Waals surface area contributed by atoms with Crippen molar-refractivity contribution in [2.45, 2.75) is 6.54 Å². The number of hydrogen-bond donors (Lipinski definition) is 3. The molecule has 0 bridgehead atoms. The first kappa shape index (κ1) is 21.5. The average Bonchev–Trinajstić information content (AvgIpc) is 2.73. The molecule has 4 N–H and O–H groups in total. The fourth-order valence-electron chi connectivity index (χ4n) is 2.56. The third-order valence-corrected chi connectivity index (χ3v) is 3.93. The summed E-state index contributed by atoms with van der Waals surface area (Å²) in [7, 11) is 3.09. The monoisotopic (exact) mass is 390 g/mol. The first-order valence-corrected chi connectivity index (χ1v) is 8.83. The summed E-state index contributed by atoms with van der Waals surface area (Å²) in [5, 5.41) is 11.4. The maximum Gasteiger partial charge on any atom is 0.251 e. The second-order valence-corrected chi connectivity index (χ2v) is 5.70. The first-order chi connectivity index (χ1) is 13.6. The lowest BCUT2D eigenvalue weighted by atomic mass is 10.1. The van der Waals surface area contributed by atoms with E-state index in [1.807, 2.05) is 0 Å². The number of aliphatic hydroxyl groups is 1. The molecular formula is C20H26N2O6. The lowest BCUT2D eigenvalue weighted by Gasteiger charge is -2.16. The van der Waals surface area contributed by atoms with Gasteiger partial charge in [-0.15, -0.1) is 0 Å². The maximum absolute atomic E-state index is 12.4. The highest BCUT2D eigenvalue weighted by atomic mass is 16.5. The lowest BCUT2D eigenvalue weighted by Crippen LogP contribution is -2.27. The van der Waals surface area contributed by atoms with Crippen molar-refractivity contribution in [3.63, 3.8) is 0 Å². The zero-order valence-corrected chi connectivity index (χ0v) is 16.1. The number of rotatable bonds is 11. The van der Waals surface area contributed by atoms with Crippen LogP contribution in [0.1, 0.15) is 15.9 Å². The Morgan fingerprint density at radius 1 is 1.04 bits per heavy atom. The molecule has 0 aliphatic heterocycles. The molecule has 0 aliphatic rings. The largest absolute Gasteiger partial charge is 0.496 e. The third kappa shape index (κ3) is 5.59. The number of ether oxygens (including phenoxy) is 4. The quantitative estimate of drug-likeness (QED) is 0.501. The fourth-order valence-corrected chi connectivity index (χ4v) is 2.56. The van der Waals surface area contributed by atoms with Gasteiger partial charge in [0, 0.05) is 18.7 Å². The van der Waals surface area contributed by atoms with Gasteiger partial charge in [-0.2, -0.15) is 0 Å². The van der Waals surface area contributed by atoms with E-state index in [1.165, 1.54) is 7.11 Å². The predicted octanol–water partition coefficient (Wildman–Crippen LogP) is 1.69. The molecule has 0 fully saturated rings. The van der Waals surface area contributed by atoms with Gasteiger partial charge in [0.15, 0.2) is 11.5 Å². The second-order valence-electron chi connectivity index (χ2n) is 5.70. The zero-order valence-electron chi connectivity index (χ0n) is 16.1.